The first kappa shape index (κ1) is 7.69. The molecule has 6 heteroatoms. The predicted molar refractivity (Wildman–Crippen MR) is 52.0 cm³/mol. The van der Waals surface area contributed by atoms with Crippen molar-refractivity contribution in [3.63, 3.8) is 0 Å². The molecule has 0 bridgehead atoms. The Morgan fingerprint density at radius 1 is 1.29 bits per heavy atom. The van der Waals surface area contributed by atoms with Crippen LogP contribution in [0.1, 0.15) is 0 Å². The molecule has 0 atom stereocenters. The van der Waals surface area contributed by atoms with Gasteiger partial charge in [0, 0.05) is 13.1 Å². The standard InChI is InChI=1S/C8H10N6/c1-5(2-9-1)14-8-6-7(11-3-10-6)12-4-13-8/h3-5,9H,1-2H2,(H2,10,11,12,13,14). The Hall–Kier alpha value is -1.69. The van der Waals surface area contributed by atoms with Gasteiger partial charge >= 0.3 is 0 Å². The van der Waals surface area contributed by atoms with E-state index >= 15 is 0 Å². The maximum atomic E-state index is 4.18. The summed E-state index contributed by atoms with van der Waals surface area (Å²) >= 11 is 0. The van der Waals surface area contributed by atoms with E-state index in [1.54, 1.807) is 6.33 Å². The van der Waals surface area contributed by atoms with Crippen LogP contribution < -0.4 is 10.6 Å². The van der Waals surface area contributed by atoms with Gasteiger partial charge in [-0.1, -0.05) is 0 Å². The van der Waals surface area contributed by atoms with E-state index < -0.39 is 0 Å². The zero-order valence-corrected chi connectivity index (χ0v) is 7.49. The molecule has 3 heterocycles. The zero-order chi connectivity index (χ0) is 9.38. The molecule has 1 aliphatic rings. The molecule has 2 aromatic heterocycles. The van der Waals surface area contributed by atoms with E-state index in [4.69, 9.17) is 0 Å². The fourth-order valence-electron chi connectivity index (χ4n) is 1.46. The molecule has 0 aromatic carbocycles. The lowest BCUT2D eigenvalue weighted by Gasteiger charge is -2.28. The van der Waals surface area contributed by atoms with Crippen molar-refractivity contribution in [2.75, 3.05) is 18.4 Å². The quantitative estimate of drug-likeness (QED) is 0.608. The Morgan fingerprint density at radius 3 is 3.00 bits per heavy atom. The first-order chi connectivity index (χ1) is 6.93. The van der Waals surface area contributed by atoms with E-state index in [1.165, 1.54) is 6.33 Å². The Kier molecular flexibility index (Phi) is 1.60. The summed E-state index contributed by atoms with van der Waals surface area (Å²) in [7, 11) is 0. The van der Waals surface area contributed by atoms with Crippen LogP contribution in [0.4, 0.5) is 5.82 Å². The number of hydrogen-bond donors (Lipinski definition) is 3. The van der Waals surface area contributed by atoms with Crippen LogP contribution in [0.5, 0.6) is 0 Å². The molecule has 2 aromatic rings. The van der Waals surface area contributed by atoms with Crippen LogP contribution in [0.15, 0.2) is 12.7 Å². The molecular formula is C8H10N6. The number of imidazole rings is 1. The van der Waals surface area contributed by atoms with Crippen molar-refractivity contribution in [3.05, 3.63) is 12.7 Å². The van der Waals surface area contributed by atoms with E-state index in [0.717, 1.165) is 24.4 Å². The van der Waals surface area contributed by atoms with E-state index in [1.807, 2.05) is 0 Å². The third kappa shape index (κ3) is 1.12. The van der Waals surface area contributed by atoms with E-state index in [0.29, 0.717) is 11.7 Å². The number of rotatable bonds is 2. The molecule has 0 unspecified atom stereocenters. The van der Waals surface area contributed by atoms with Crippen LogP contribution in [-0.4, -0.2) is 39.1 Å². The van der Waals surface area contributed by atoms with Gasteiger partial charge in [0.2, 0.25) is 0 Å². The maximum absolute atomic E-state index is 4.18. The second-order valence-corrected chi connectivity index (χ2v) is 3.32. The number of nitrogens with zero attached hydrogens (tertiary/aromatic N) is 3. The number of H-pyrrole nitrogens is 1. The summed E-state index contributed by atoms with van der Waals surface area (Å²) in [6.45, 7) is 1.97. The number of nitrogens with one attached hydrogen (secondary N) is 3. The molecule has 0 saturated carbocycles. The minimum absolute atomic E-state index is 0.469. The highest BCUT2D eigenvalue weighted by atomic mass is 15.2. The Morgan fingerprint density at radius 2 is 2.21 bits per heavy atom. The molecule has 1 saturated heterocycles. The number of aromatic amines is 1. The van der Waals surface area contributed by atoms with Crippen molar-refractivity contribution in [1.29, 1.82) is 0 Å². The van der Waals surface area contributed by atoms with Gasteiger partial charge in [0.25, 0.3) is 0 Å². The van der Waals surface area contributed by atoms with Crippen molar-refractivity contribution in [1.82, 2.24) is 25.3 Å². The van der Waals surface area contributed by atoms with E-state index in [2.05, 4.69) is 30.6 Å². The van der Waals surface area contributed by atoms with Gasteiger partial charge < -0.3 is 15.6 Å². The minimum atomic E-state index is 0.469. The van der Waals surface area contributed by atoms with Gasteiger partial charge in [-0.05, 0) is 0 Å². The van der Waals surface area contributed by atoms with Crippen LogP contribution in [0.2, 0.25) is 0 Å². The summed E-state index contributed by atoms with van der Waals surface area (Å²) in [6, 6.07) is 0.469. The highest BCUT2D eigenvalue weighted by Gasteiger charge is 2.18. The molecular weight excluding hydrogens is 180 g/mol. The van der Waals surface area contributed by atoms with E-state index in [-0.39, 0.29) is 0 Å². The number of fused-ring (bicyclic) bond motifs is 1. The normalized spacial score (nSPS) is 16.9. The summed E-state index contributed by atoms with van der Waals surface area (Å²) in [5.74, 6) is 0.832. The molecule has 0 radical (unpaired) electrons. The Labute approximate surface area is 80.2 Å². The van der Waals surface area contributed by atoms with Crippen LogP contribution in [0, 0.1) is 0 Å². The molecule has 1 aliphatic heterocycles. The molecule has 0 aliphatic carbocycles. The third-order valence-corrected chi connectivity index (χ3v) is 2.35. The topological polar surface area (TPSA) is 78.5 Å². The average Bonchev–Trinajstić information content (AvgIpc) is 2.59. The summed E-state index contributed by atoms with van der Waals surface area (Å²) in [6.07, 6.45) is 3.15. The van der Waals surface area contributed by atoms with Crippen molar-refractivity contribution >= 4 is 17.0 Å². The van der Waals surface area contributed by atoms with Gasteiger partial charge in [-0.2, -0.15) is 0 Å². The zero-order valence-electron chi connectivity index (χ0n) is 7.49. The van der Waals surface area contributed by atoms with Gasteiger partial charge in [0.15, 0.2) is 11.5 Å². The maximum Gasteiger partial charge on any atom is 0.182 e. The average molecular weight is 190 g/mol. The molecule has 14 heavy (non-hydrogen) atoms. The van der Waals surface area contributed by atoms with Crippen molar-refractivity contribution in [2.45, 2.75) is 6.04 Å². The number of anilines is 1. The predicted octanol–water partition coefficient (Wildman–Crippen LogP) is -0.263. The van der Waals surface area contributed by atoms with Gasteiger partial charge in [-0.15, -0.1) is 0 Å². The van der Waals surface area contributed by atoms with Crippen LogP contribution in [0.25, 0.3) is 11.2 Å². The minimum Gasteiger partial charge on any atom is -0.363 e. The molecule has 1 fully saturated rings. The van der Waals surface area contributed by atoms with Crippen LogP contribution in [0.3, 0.4) is 0 Å². The molecule has 3 N–H and O–H groups in total. The fraction of sp³-hybridized carbons (Fsp3) is 0.375. The van der Waals surface area contributed by atoms with Crippen molar-refractivity contribution in [3.8, 4) is 0 Å². The van der Waals surface area contributed by atoms with Crippen molar-refractivity contribution < 1.29 is 0 Å². The highest BCUT2D eigenvalue weighted by Crippen LogP contribution is 2.15. The Bertz CT molecular complexity index is 446. The second kappa shape index (κ2) is 2.91. The SMILES string of the molecule is c1nc(NC2CNC2)c2[nH]cnc2n1. The molecule has 0 spiro atoms. The first-order valence-electron chi connectivity index (χ1n) is 4.55. The second-order valence-electron chi connectivity index (χ2n) is 3.32. The largest absolute Gasteiger partial charge is 0.363 e. The van der Waals surface area contributed by atoms with E-state index in [9.17, 15) is 0 Å². The van der Waals surface area contributed by atoms with Crippen LogP contribution in [-0.2, 0) is 0 Å². The summed E-state index contributed by atoms with van der Waals surface area (Å²) in [5.41, 5.74) is 1.58. The third-order valence-electron chi connectivity index (χ3n) is 2.35. The van der Waals surface area contributed by atoms with Crippen LogP contribution >= 0.6 is 0 Å². The summed E-state index contributed by atoms with van der Waals surface area (Å²) in [5, 5.41) is 6.51. The number of aromatic nitrogens is 4. The number of hydrogen-bond acceptors (Lipinski definition) is 5. The lowest BCUT2D eigenvalue weighted by Crippen LogP contribution is -2.51. The van der Waals surface area contributed by atoms with Gasteiger partial charge in [-0.25, -0.2) is 15.0 Å². The van der Waals surface area contributed by atoms with Gasteiger partial charge in [0.1, 0.15) is 11.8 Å². The molecule has 6 nitrogen and oxygen atoms in total. The summed E-state index contributed by atoms with van der Waals surface area (Å²) < 4.78 is 0. The fourth-order valence-corrected chi connectivity index (χ4v) is 1.46. The highest BCUT2D eigenvalue weighted by molar-refractivity contribution is 5.82. The van der Waals surface area contributed by atoms with Crippen molar-refractivity contribution in [2.24, 2.45) is 0 Å². The first-order valence-corrected chi connectivity index (χ1v) is 4.55. The smallest absolute Gasteiger partial charge is 0.182 e. The van der Waals surface area contributed by atoms with Gasteiger partial charge in [0.05, 0.1) is 12.4 Å². The lowest BCUT2D eigenvalue weighted by atomic mass is 10.2. The lowest BCUT2D eigenvalue weighted by molar-refractivity contribution is 0.471. The monoisotopic (exact) mass is 190 g/mol. The summed E-state index contributed by atoms with van der Waals surface area (Å²) in [4.78, 5) is 15.3. The molecule has 72 valence electrons. The Balaban J connectivity index is 1.97. The molecule has 0 amide bonds. The van der Waals surface area contributed by atoms with Gasteiger partial charge in [-0.3, -0.25) is 0 Å². The molecule has 3 rings (SSSR count).